The summed E-state index contributed by atoms with van der Waals surface area (Å²) in [7, 11) is 0. The first-order chi connectivity index (χ1) is 13.2. The Morgan fingerprint density at radius 1 is 1.33 bits per heavy atom. The molecule has 1 aromatic carbocycles. The van der Waals surface area contributed by atoms with Gasteiger partial charge in [0.1, 0.15) is 11.0 Å². The van der Waals surface area contributed by atoms with E-state index < -0.39 is 0 Å². The number of thiazole rings is 1. The largest absolute Gasteiger partial charge is 0.337 e. The van der Waals surface area contributed by atoms with Gasteiger partial charge in [-0.2, -0.15) is 4.98 Å². The summed E-state index contributed by atoms with van der Waals surface area (Å²) in [6, 6.07) is 9.37. The number of carbonyl (C=O) groups excluding carboxylic acids is 1. The monoisotopic (exact) mass is 383 g/mol. The standard InChI is InChI=1S/C19H21N5O2S/c1-13(18-22-17(23-26-18)15-7-8-15)21-19(25)24(12-16-20-9-10-27-16)11-14-5-3-2-4-6-14/h2-6,9-10,13,15H,7-8,11-12H2,1H3,(H,21,25). The molecule has 140 valence electrons. The minimum atomic E-state index is -0.355. The first-order valence-electron chi connectivity index (χ1n) is 9.00. The normalized spacial score (nSPS) is 14.7. The molecule has 1 N–H and O–H groups in total. The Hall–Kier alpha value is -2.74. The lowest BCUT2D eigenvalue weighted by molar-refractivity contribution is 0.186. The molecule has 1 fully saturated rings. The third kappa shape index (κ3) is 4.51. The minimum absolute atomic E-state index is 0.187. The third-order valence-electron chi connectivity index (χ3n) is 4.42. The van der Waals surface area contributed by atoms with E-state index in [0.29, 0.717) is 24.9 Å². The van der Waals surface area contributed by atoms with Gasteiger partial charge in [0.25, 0.3) is 0 Å². The molecule has 1 aliphatic carbocycles. The van der Waals surface area contributed by atoms with E-state index in [2.05, 4.69) is 20.4 Å². The van der Waals surface area contributed by atoms with Crippen molar-refractivity contribution in [3.63, 3.8) is 0 Å². The number of carbonyl (C=O) groups is 1. The topological polar surface area (TPSA) is 84.2 Å². The molecular formula is C19H21N5O2S. The number of urea groups is 1. The van der Waals surface area contributed by atoms with Crippen molar-refractivity contribution in [2.75, 3.05) is 0 Å². The highest BCUT2D eigenvalue weighted by Gasteiger charge is 2.30. The molecule has 0 spiro atoms. The van der Waals surface area contributed by atoms with Gasteiger partial charge in [-0.15, -0.1) is 11.3 Å². The Kier molecular flexibility index (Phi) is 5.15. The van der Waals surface area contributed by atoms with Crippen LogP contribution < -0.4 is 5.32 Å². The average molecular weight is 383 g/mol. The maximum atomic E-state index is 12.9. The van der Waals surface area contributed by atoms with E-state index in [1.54, 1.807) is 11.1 Å². The van der Waals surface area contributed by atoms with Crippen LogP contribution in [-0.2, 0) is 13.1 Å². The molecule has 1 aliphatic rings. The van der Waals surface area contributed by atoms with Crippen molar-refractivity contribution in [1.82, 2.24) is 25.3 Å². The number of nitrogens with zero attached hydrogens (tertiary/aromatic N) is 4. The van der Waals surface area contributed by atoms with Crippen molar-refractivity contribution in [1.29, 1.82) is 0 Å². The third-order valence-corrected chi connectivity index (χ3v) is 5.19. The van der Waals surface area contributed by atoms with Gasteiger partial charge in [0, 0.05) is 24.0 Å². The molecule has 2 heterocycles. The van der Waals surface area contributed by atoms with Gasteiger partial charge in [0.15, 0.2) is 5.82 Å². The van der Waals surface area contributed by atoms with Crippen molar-refractivity contribution in [3.8, 4) is 0 Å². The van der Waals surface area contributed by atoms with Crippen LogP contribution in [0.25, 0.3) is 0 Å². The molecular weight excluding hydrogens is 362 g/mol. The van der Waals surface area contributed by atoms with Gasteiger partial charge in [-0.05, 0) is 25.3 Å². The summed E-state index contributed by atoms with van der Waals surface area (Å²) in [5, 5.41) is 9.79. The molecule has 2 amide bonds. The van der Waals surface area contributed by atoms with Crippen molar-refractivity contribution < 1.29 is 9.32 Å². The van der Waals surface area contributed by atoms with Crippen LogP contribution in [0.5, 0.6) is 0 Å². The van der Waals surface area contributed by atoms with Gasteiger partial charge in [0.05, 0.1) is 6.54 Å². The van der Waals surface area contributed by atoms with Crippen molar-refractivity contribution in [2.24, 2.45) is 0 Å². The number of hydrogen-bond acceptors (Lipinski definition) is 6. The summed E-state index contributed by atoms with van der Waals surface area (Å²) in [5.41, 5.74) is 1.06. The molecule has 2 aromatic heterocycles. The van der Waals surface area contributed by atoms with E-state index in [-0.39, 0.29) is 12.1 Å². The summed E-state index contributed by atoms with van der Waals surface area (Å²) >= 11 is 1.53. The van der Waals surface area contributed by atoms with E-state index >= 15 is 0 Å². The van der Waals surface area contributed by atoms with Gasteiger partial charge in [-0.25, -0.2) is 9.78 Å². The van der Waals surface area contributed by atoms with Crippen LogP contribution in [0.4, 0.5) is 4.79 Å². The number of aromatic nitrogens is 3. The quantitative estimate of drug-likeness (QED) is 0.669. The first kappa shape index (κ1) is 17.7. The second-order valence-electron chi connectivity index (χ2n) is 6.70. The number of benzene rings is 1. The lowest BCUT2D eigenvalue weighted by Crippen LogP contribution is -2.40. The number of rotatable bonds is 7. The van der Waals surface area contributed by atoms with Crippen LogP contribution in [0.15, 0.2) is 46.4 Å². The van der Waals surface area contributed by atoms with Gasteiger partial charge >= 0.3 is 6.03 Å². The fourth-order valence-corrected chi connectivity index (χ4v) is 3.40. The van der Waals surface area contributed by atoms with Crippen LogP contribution in [0.1, 0.15) is 54.0 Å². The predicted molar refractivity (Wildman–Crippen MR) is 101 cm³/mol. The van der Waals surface area contributed by atoms with Crippen LogP contribution in [0, 0.1) is 0 Å². The van der Waals surface area contributed by atoms with Crippen molar-refractivity contribution in [2.45, 2.75) is 44.8 Å². The zero-order valence-corrected chi connectivity index (χ0v) is 15.9. The van der Waals surface area contributed by atoms with E-state index in [1.165, 1.54) is 11.3 Å². The fraction of sp³-hybridized carbons (Fsp3) is 0.368. The lowest BCUT2D eigenvalue weighted by atomic mass is 10.2. The van der Waals surface area contributed by atoms with Gasteiger partial charge in [-0.1, -0.05) is 35.5 Å². The summed E-state index contributed by atoms with van der Waals surface area (Å²) in [6.45, 7) is 2.80. The second-order valence-corrected chi connectivity index (χ2v) is 7.68. The van der Waals surface area contributed by atoms with Crippen molar-refractivity contribution >= 4 is 17.4 Å². The smallest absolute Gasteiger partial charge is 0.318 e. The zero-order chi connectivity index (χ0) is 18.6. The highest BCUT2D eigenvalue weighted by Crippen LogP contribution is 2.38. The SMILES string of the molecule is CC(NC(=O)N(Cc1ccccc1)Cc1nccs1)c1nc(C2CC2)no1. The molecule has 1 unspecified atom stereocenters. The zero-order valence-electron chi connectivity index (χ0n) is 15.0. The summed E-state index contributed by atoms with van der Waals surface area (Å²) in [5.74, 6) is 1.61. The maximum absolute atomic E-state index is 12.9. The molecule has 0 aliphatic heterocycles. The lowest BCUT2D eigenvalue weighted by Gasteiger charge is -2.23. The molecule has 8 heteroatoms. The number of amides is 2. The Balaban J connectivity index is 1.44. The van der Waals surface area contributed by atoms with E-state index in [4.69, 9.17) is 4.52 Å². The van der Waals surface area contributed by atoms with Gasteiger partial charge in [0.2, 0.25) is 5.89 Å². The van der Waals surface area contributed by atoms with Crippen LogP contribution in [0.2, 0.25) is 0 Å². The fourth-order valence-electron chi connectivity index (χ4n) is 2.77. The molecule has 3 aromatic rings. The highest BCUT2D eigenvalue weighted by atomic mass is 32.1. The average Bonchev–Trinajstić information content (AvgIpc) is 3.18. The van der Waals surface area contributed by atoms with Crippen LogP contribution in [-0.4, -0.2) is 26.1 Å². The second kappa shape index (κ2) is 7.87. The number of nitrogens with one attached hydrogen (secondary N) is 1. The Labute approximate surface area is 161 Å². The van der Waals surface area contributed by atoms with Gasteiger partial charge in [-0.3, -0.25) is 0 Å². The molecule has 0 saturated heterocycles. The molecule has 0 bridgehead atoms. The molecule has 1 saturated carbocycles. The Morgan fingerprint density at radius 3 is 2.85 bits per heavy atom. The maximum Gasteiger partial charge on any atom is 0.318 e. The van der Waals surface area contributed by atoms with Crippen LogP contribution >= 0.6 is 11.3 Å². The Morgan fingerprint density at radius 2 is 2.15 bits per heavy atom. The first-order valence-corrected chi connectivity index (χ1v) is 9.88. The van der Waals surface area contributed by atoms with E-state index in [9.17, 15) is 4.79 Å². The molecule has 27 heavy (non-hydrogen) atoms. The summed E-state index contributed by atoms with van der Waals surface area (Å²) in [4.78, 5) is 23.4. The van der Waals surface area contributed by atoms with E-state index in [1.807, 2.05) is 42.6 Å². The highest BCUT2D eigenvalue weighted by molar-refractivity contribution is 7.09. The summed E-state index contributed by atoms with van der Waals surface area (Å²) in [6.07, 6.45) is 3.97. The Bertz CT molecular complexity index is 877. The van der Waals surface area contributed by atoms with E-state index in [0.717, 1.165) is 29.2 Å². The molecule has 4 rings (SSSR count). The predicted octanol–water partition coefficient (Wildman–Crippen LogP) is 3.88. The minimum Gasteiger partial charge on any atom is -0.337 e. The molecule has 1 atom stereocenters. The molecule has 0 radical (unpaired) electrons. The van der Waals surface area contributed by atoms with Crippen LogP contribution in [0.3, 0.4) is 0 Å². The summed E-state index contributed by atoms with van der Waals surface area (Å²) < 4.78 is 5.33. The number of hydrogen-bond donors (Lipinski definition) is 1. The van der Waals surface area contributed by atoms with Gasteiger partial charge < -0.3 is 14.7 Å². The molecule has 7 nitrogen and oxygen atoms in total. The van der Waals surface area contributed by atoms with Crippen molar-refractivity contribution in [3.05, 3.63) is 64.2 Å².